The summed E-state index contributed by atoms with van der Waals surface area (Å²) in [6.07, 6.45) is 4.57. The highest BCUT2D eigenvalue weighted by Crippen LogP contribution is 2.33. The van der Waals surface area contributed by atoms with E-state index in [2.05, 4.69) is 36.0 Å². The second kappa shape index (κ2) is 7.54. The zero-order valence-corrected chi connectivity index (χ0v) is 15.7. The minimum atomic E-state index is -0.463. The number of urea groups is 1. The van der Waals surface area contributed by atoms with Crippen molar-refractivity contribution in [3.63, 3.8) is 0 Å². The fraction of sp³-hybridized carbons (Fsp3) is 0.222. The first-order chi connectivity index (χ1) is 14.0. The molecule has 0 radical (unpaired) electrons. The molecule has 3 heterocycles. The Hall–Kier alpha value is -4.02. The van der Waals surface area contributed by atoms with Crippen LogP contribution in [-0.4, -0.2) is 43.3 Å². The van der Waals surface area contributed by atoms with E-state index >= 15 is 0 Å². The number of rotatable bonds is 4. The summed E-state index contributed by atoms with van der Waals surface area (Å²) in [4.78, 5) is 36.4. The van der Waals surface area contributed by atoms with Gasteiger partial charge in [-0.05, 0) is 31.5 Å². The van der Waals surface area contributed by atoms with Gasteiger partial charge in [-0.1, -0.05) is 0 Å². The molecule has 1 atom stereocenters. The third-order valence-corrected chi connectivity index (χ3v) is 4.26. The number of carbonyl (C=O) groups is 2. The topological polar surface area (TPSA) is 136 Å². The lowest BCUT2D eigenvalue weighted by Gasteiger charge is -2.21. The number of aryl methyl sites for hydroxylation is 1. The van der Waals surface area contributed by atoms with Gasteiger partial charge in [0.2, 0.25) is 0 Å². The molecule has 0 spiro atoms. The zero-order chi connectivity index (χ0) is 20.4. The maximum absolute atomic E-state index is 12.5. The molecular weight excluding hydrogens is 376 g/mol. The van der Waals surface area contributed by atoms with E-state index in [0.717, 1.165) is 5.56 Å². The minimum absolute atomic E-state index is 0.0596. The number of ether oxygens (including phenoxy) is 1. The van der Waals surface area contributed by atoms with Crippen molar-refractivity contribution < 1.29 is 14.3 Å². The van der Waals surface area contributed by atoms with Crippen LogP contribution in [0, 0.1) is 6.92 Å². The lowest BCUT2D eigenvalue weighted by molar-refractivity contribution is -0.118. The highest BCUT2D eigenvalue weighted by molar-refractivity contribution is 5.97. The second-order valence-electron chi connectivity index (χ2n) is 6.40. The number of hydrogen-bond donors (Lipinski definition) is 3. The predicted octanol–water partition coefficient (Wildman–Crippen LogP) is 1.58. The third kappa shape index (κ3) is 3.83. The number of hydrogen-bond acceptors (Lipinski definition) is 7. The largest absolute Gasteiger partial charge is 0.482 e. The average Bonchev–Trinajstić information content (AvgIpc) is 3.19. The number of nitrogens with one attached hydrogen (secondary N) is 3. The molecule has 1 aliphatic heterocycles. The van der Waals surface area contributed by atoms with Crippen LogP contribution in [-0.2, 0) is 4.79 Å². The lowest BCUT2D eigenvalue weighted by atomic mass is 10.1. The fourth-order valence-electron chi connectivity index (χ4n) is 2.89. The lowest BCUT2D eigenvalue weighted by Crippen LogP contribution is -2.33. The number of anilines is 2. The van der Waals surface area contributed by atoms with Crippen LogP contribution in [0.1, 0.15) is 24.4 Å². The first-order valence-electron chi connectivity index (χ1n) is 8.83. The van der Waals surface area contributed by atoms with Crippen molar-refractivity contribution in [3.05, 3.63) is 48.3 Å². The Balaban J connectivity index is 1.47. The number of carbonyl (C=O) groups excluding carboxylic acids is 2. The van der Waals surface area contributed by atoms with E-state index < -0.39 is 12.1 Å². The van der Waals surface area contributed by atoms with Gasteiger partial charge in [0, 0.05) is 24.1 Å². The first-order valence-corrected chi connectivity index (χ1v) is 8.83. The molecule has 11 heteroatoms. The molecule has 2 aromatic heterocycles. The van der Waals surface area contributed by atoms with Crippen molar-refractivity contribution in [2.45, 2.75) is 19.9 Å². The van der Waals surface area contributed by atoms with Gasteiger partial charge in [0.1, 0.15) is 12.1 Å². The van der Waals surface area contributed by atoms with E-state index in [4.69, 9.17) is 4.74 Å². The van der Waals surface area contributed by atoms with Crippen LogP contribution in [0.15, 0.2) is 36.9 Å². The molecular formula is C18H18N8O3. The Morgan fingerprint density at radius 3 is 2.86 bits per heavy atom. The quantitative estimate of drug-likeness (QED) is 0.611. The maximum Gasteiger partial charge on any atom is 0.319 e. The van der Waals surface area contributed by atoms with Gasteiger partial charge in [0.15, 0.2) is 12.4 Å². The van der Waals surface area contributed by atoms with Gasteiger partial charge >= 0.3 is 6.03 Å². The molecule has 1 aliphatic rings. The Morgan fingerprint density at radius 2 is 2.07 bits per heavy atom. The minimum Gasteiger partial charge on any atom is -0.482 e. The van der Waals surface area contributed by atoms with Crippen molar-refractivity contribution in [2.75, 3.05) is 17.2 Å². The van der Waals surface area contributed by atoms with Crippen molar-refractivity contribution >= 4 is 23.3 Å². The van der Waals surface area contributed by atoms with Crippen LogP contribution < -0.4 is 20.7 Å². The number of aromatic nitrogens is 5. The number of benzene rings is 1. The van der Waals surface area contributed by atoms with Gasteiger partial charge < -0.3 is 20.7 Å². The van der Waals surface area contributed by atoms with Gasteiger partial charge in [0.25, 0.3) is 11.9 Å². The molecule has 1 unspecified atom stereocenters. The maximum atomic E-state index is 12.5. The molecule has 3 amide bonds. The van der Waals surface area contributed by atoms with Gasteiger partial charge in [0.05, 0.1) is 11.7 Å². The summed E-state index contributed by atoms with van der Waals surface area (Å²) in [5.41, 5.74) is 1.92. The van der Waals surface area contributed by atoms with E-state index in [0.29, 0.717) is 28.9 Å². The highest BCUT2D eigenvalue weighted by atomic mass is 16.5. The van der Waals surface area contributed by atoms with E-state index in [1.165, 1.54) is 11.0 Å². The molecule has 0 bridgehead atoms. The van der Waals surface area contributed by atoms with Gasteiger partial charge in [-0.15, -0.1) is 0 Å². The molecule has 0 aliphatic carbocycles. The van der Waals surface area contributed by atoms with Crippen molar-refractivity contribution in [1.82, 2.24) is 30.0 Å². The van der Waals surface area contributed by atoms with Crippen LogP contribution in [0.2, 0.25) is 0 Å². The summed E-state index contributed by atoms with van der Waals surface area (Å²) in [6.45, 7) is 3.54. The van der Waals surface area contributed by atoms with Crippen LogP contribution in [0.3, 0.4) is 0 Å². The van der Waals surface area contributed by atoms with Crippen molar-refractivity contribution in [3.8, 4) is 11.7 Å². The summed E-state index contributed by atoms with van der Waals surface area (Å²) < 4.78 is 6.86. The van der Waals surface area contributed by atoms with E-state index in [1.807, 2.05) is 6.92 Å². The average molecular weight is 394 g/mol. The molecule has 3 N–H and O–H groups in total. The summed E-state index contributed by atoms with van der Waals surface area (Å²) in [5, 5.41) is 12.5. The van der Waals surface area contributed by atoms with Crippen LogP contribution in [0.5, 0.6) is 5.75 Å². The molecule has 3 aromatic rings. The normalized spacial score (nSPS) is 13.7. The smallest absolute Gasteiger partial charge is 0.319 e. The number of fused-ring (bicyclic) bond motifs is 1. The van der Waals surface area contributed by atoms with Crippen molar-refractivity contribution in [2.24, 2.45) is 0 Å². The number of nitrogens with zero attached hydrogens (tertiary/aromatic N) is 5. The zero-order valence-electron chi connectivity index (χ0n) is 15.7. The van der Waals surface area contributed by atoms with Crippen LogP contribution in [0.4, 0.5) is 16.2 Å². The Labute approximate surface area is 165 Å². The molecule has 4 rings (SSSR count). The summed E-state index contributed by atoms with van der Waals surface area (Å²) in [6, 6.07) is 4.23. The van der Waals surface area contributed by atoms with Crippen LogP contribution >= 0.6 is 0 Å². The van der Waals surface area contributed by atoms with Gasteiger partial charge in [-0.25, -0.2) is 19.7 Å². The Bertz CT molecular complexity index is 1070. The molecule has 0 fully saturated rings. The Morgan fingerprint density at radius 1 is 1.28 bits per heavy atom. The summed E-state index contributed by atoms with van der Waals surface area (Å²) in [5.74, 6) is 1.13. The summed E-state index contributed by atoms with van der Waals surface area (Å²) >= 11 is 0. The van der Waals surface area contributed by atoms with E-state index in [1.54, 1.807) is 37.5 Å². The Kier molecular flexibility index (Phi) is 4.77. The molecule has 29 heavy (non-hydrogen) atoms. The highest BCUT2D eigenvalue weighted by Gasteiger charge is 2.20. The fourth-order valence-corrected chi connectivity index (χ4v) is 2.89. The second-order valence-corrected chi connectivity index (χ2v) is 6.40. The van der Waals surface area contributed by atoms with E-state index in [-0.39, 0.29) is 12.5 Å². The van der Waals surface area contributed by atoms with Crippen LogP contribution in [0.25, 0.3) is 5.95 Å². The van der Waals surface area contributed by atoms with Crippen molar-refractivity contribution in [1.29, 1.82) is 0 Å². The van der Waals surface area contributed by atoms with Gasteiger partial charge in [-0.2, -0.15) is 9.78 Å². The molecule has 11 nitrogen and oxygen atoms in total. The number of amides is 3. The van der Waals surface area contributed by atoms with Gasteiger partial charge in [-0.3, -0.25) is 4.79 Å². The summed E-state index contributed by atoms with van der Waals surface area (Å²) in [7, 11) is 0. The molecule has 0 saturated carbocycles. The third-order valence-electron chi connectivity index (χ3n) is 4.26. The van der Waals surface area contributed by atoms with E-state index in [9.17, 15) is 9.59 Å². The molecule has 1 aromatic carbocycles. The predicted molar refractivity (Wildman–Crippen MR) is 103 cm³/mol. The standard InChI is InChI=1S/C18H18N8O3/c1-10-6-13-14(29-8-15(27)24-13)7-12(10)25-18(28)23-11(2)16-21-9-22-26(16)17-19-4-3-5-20-17/h3-7,9,11H,8H2,1-2H3,(H,24,27)(H2,23,25,28). The SMILES string of the molecule is Cc1cc2c(cc1NC(=O)NC(C)c1ncnn1-c1ncccn1)OCC(=O)N2. The first kappa shape index (κ1) is 18.3. The monoisotopic (exact) mass is 394 g/mol. The molecule has 148 valence electrons. The molecule has 0 saturated heterocycles.